The molecule has 2 aliphatic rings. The van der Waals surface area contributed by atoms with E-state index in [1.807, 2.05) is 0 Å². The highest BCUT2D eigenvalue weighted by molar-refractivity contribution is 5.80. The number of carbonyl (C=O) groups is 1. The van der Waals surface area contributed by atoms with Gasteiger partial charge in [-0.05, 0) is 44.4 Å². The topological polar surface area (TPSA) is 56.7 Å². The van der Waals surface area contributed by atoms with Gasteiger partial charge in [-0.25, -0.2) is 0 Å². The van der Waals surface area contributed by atoms with Crippen molar-refractivity contribution in [1.29, 1.82) is 0 Å². The number of aliphatic imine (C=N–C) groups is 1. The van der Waals surface area contributed by atoms with Gasteiger partial charge in [0.2, 0.25) is 5.91 Å². The van der Waals surface area contributed by atoms with Crippen molar-refractivity contribution in [3.05, 3.63) is 0 Å². The number of hydrogen-bond donors (Lipinski definition) is 2. The Morgan fingerprint density at radius 2 is 1.80 bits per heavy atom. The molecular formula is C20H38N4O. The second kappa shape index (κ2) is 11.4. The summed E-state index contributed by atoms with van der Waals surface area (Å²) in [6.45, 7) is 6.01. The molecule has 1 aliphatic carbocycles. The van der Waals surface area contributed by atoms with E-state index >= 15 is 0 Å². The minimum atomic E-state index is 0.168. The van der Waals surface area contributed by atoms with E-state index < -0.39 is 0 Å². The van der Waals surface area contributed by atoms with Gasteiger partial charge in [-0.2, -0.15) is 0 Å². The molecule has 0 unspecified atom stereocenters. The summed E-state index contributed by atoms with van der Waals surface area (Å²) in [6, 6.07) is 0. The Hall–Kier alpha value is -1.26. The van der Waals surface area contributed by atoms with Crippen LogP contribution in [0.3, 0.4) is 0 Å². The number of nitrogens with one attached hydrogen (secondary N) is 2. The highest BCUT2D eigenvalue weighted by Crippen LogP contribution is 2.27. The molecule has 1 saturated heterocycles. The van der Waals surface area contributed by atoms with E-state index in [2.05, 4.69) is 22.5 Å². The molecule has 2 rings (SSSR count). The summed E-state index contributed by atoms with van der Waals surface area (Å²) >= 11 is 0. The van der Waals surface area contributed by atoms with Crippen molar-refractivity contribution in [2.45, 2.75) is 71.1 Å². The number of rotatable bonds is 7. The molecular weight excluding hydrogens is 312 g/mol. The first kappa shape index (κ1) is 20.1. The van der Waals surface area contributed by atoms with Crippen LogP contribution >= 0.6 is 0 Å². The fourth-order valence-corrected chi connectivity index (χ4v) is 4.18. The van der Waals surface area contributed by atoms with E-state index in [1.165, 1.54) is 44.9 Å². The maximum atomic E-state index is 11.5. The molecule has 1 aliphatic heterocycles. The van der Waals surface area contributed by atoms with Crippen LogP contribution in [0.1, 0.15) is 71.1 Å². The van der Waals surface area contributed by atoms with Gasteiger partial charge in [-0.1, -0.05) is 32.1 Å². The maximum Gasteiger partial charge on any atom is 0.220 e. The highest BCUT2D eigenvalue weighted by Gasteiger charge is 2.23. The average molecular weight is 351 g/mol. The first-order valence-corrected chi connectivity index (χ1v) is 10.5. The largest absolute Gasteiger partial charge is 0.359 e. The van der Waals surface area contributed by atoms with Crippen LogP contribution < -0.4 is 10.6 Å². The Labute approximate surface area is 154 Å². The number of carbonyl (C=O) groups excluding carboxylic acids is 1. The molecule has 1 heterocycles. The molecule has 25 heavy (non-hydrogen) atoms. The molecule has 0 radical (unpaired) electrons. The van der Waals surface area contributed by atoms with Crippen LogP contribution in [-0.2, 0) is 4.79 Å². The molecule has 0 aromatic carbocycles. The Balaban J connectivity index is 1.72. The Morgan fingerprint density at radius 3 is 2.44 bits per heavy atom. The van der Waals surface area contributed by atoms with Crippen molar-refractivity contribution < 1.29 is 4.79 Å². The van der Waals surface area contributed by atoms with E-state index in [1.54, 1.807) is 7.05 Å². The zero-order valence-corrected chi connectivity index (χ0v) is 16.4. The molecule has 0 aromatic rings. The number of hydrogen-bond acceptors (Lipinski definition) is 2. The van der Waals surface area contributed by atoms with Crippen LogP contribution in [-0.4, -0.2) is 50.0 Å². The minimum Gasteiger partial charge on any atom is -0.359 e. The van der Waals surface area contributed by atoms with Gasteiger partial charge >= 0.3 is 0 Å². The molecule has 5 nitrogen and oxygen atoms in total. The number of guanidine groups is 1. The molecule has 5 heteroatoms. The van der Waals surface area contributed by atoms with Crippen LogP contribution in [0, 0.1) is 11.8 Å². The zero-order valence-electron chi connectivity index (χ0n) is 16.4. The fraction of sp³-hybridized carbons (Fsp3) is 0.900. The summed E-state index contributed by atoms with van der Waals surface area (Å²) in [7, 11) is 1.72. The predicted octanol–water partition coefficient (Wildman–Crippen LogP) is 3.16. The lowest BCUT2D eigenvalue weighted by molar-refractivity contribution is -0.121. The Kier molecular flexibility index (Phi) is 9.12. The number of amides is 1. The van der Waals surface area contributed by atoms with E-state index in [4.69, 9.17) is 4.99 Å². The van der Waals surface area contributed by atoms with Gasteiger partial charge in [-0.15, -0.1) is 0 Å². The van der Waals surface area contributed by atoms with Crippen LogP contribution in [0.15, 0.2) is 4.99 Å². The van der Waals surface area contributed by atoms with Crippen molar-refractivity contribution in [2.75, 3.05) is 33.2 Å². The summed E-state index contributed by atoms with van der Waals surface area (Å²) in [5.74, 6) is 2.71. The summed E-state index contributed by atoms with van der Waals surface area (Å²) in [5, 5.41) is 6.19. The third kappa shape index (κ3) is 7.25. The number of nitrogens with zero attached hydrogens (tertiary/aromatic N) is 2. The third-order valence-electron chi connectivity index (χ3n) is 5.76. The number of likely N-dealkylation sites (tertiary alicyclic amines) is 1. The molecule has 2 fully saturated rings. The van der Waals surface area contributed by atoms with Crippen molar-refractivity contribution in [2.24, 2.45) is 16.8 Å². The first-order valence-electron chi connectivity index (χ1n) is 10.5. The smallest absolute Gasteiger partial charge is 0.220 e. The lowest BCUT2D eigenvalue weighted by Crippen LogP contribution is -2.46. The van der Waals surface area contributed by atoms with Crippen LogP contribution in [0.25, 0.3) is 0 Å². The van der Waals surface area contributed by atoms with Crippen molar-refractivity contribution in [3.63, 3.8) is 0 Å². The first-order chi connectivity index (χ1) is 12.2. The molecule has 144 valence electrons. The van der Waals surface area contributed by atoms with Gasteiger partial charge < -0.3 is 15.5 Å². The number of piperidine rings is 1. The van der Waals surface area contributed by atoms with E-state index in [9.17, 15) is 4.79 Å². The van der Waals surface area contributed by atoms with Gasteiger partial charge in [0.1, 0.15) is 0 Å². The van der Waals surface area contributed by atoms with E-state index in [0.717, 1.165) is 50.9 Å². The van der Waals surface area contributed by atoms with Crippen molar-refractivity contribution in [1.82, 2.24) is 15.5 Å². The lowest BCUT2D eigenvalue weighted by atomic mass is 9.86. The van der Waals surface area contributed by atoms with Gasteiger partial charge in [0.25, 0.3) is 0 Å². The molecule has 2 N–H and O–H groups in total. The summed E-state index contributed by atoms with van der Waals surface area (Å²) in [4.78, 5) is 18.8. The minimum absolute atomic E-state index is 0.168. The van der Waals surface area contributed by atoms with Gasteiger partial charge in [-0.3, -0.25) is 9.79 Å². The second-order valence-electron chi connectivity index (χ2n) is 7.69. The second-order valence-corrected chi connectivity index (χ2v) is 7.69. The highest BCUT2D eigenvalue weighted by atomic mass is 16.1. The zero-order chi connectivity index (χ0) is 17.9. The quantitative estimate of drug-likeness (QED) is 0.421. The van der Waals surface area contributed by atoms with Crippen molar-refractivity contribution in [3.8, 4) is 0 Å². The summed E-state index contributed by atoms with van der Waals surface area (Å²) in [6.07, 6.45) is 12.6. The molecule has 1 saturated carbocycles. The summed E-state index contributed by atoms with van der Waals surface area (Å²) in [5.41, 5.74) is 0. The third-order valence-corrected chi connectivity index (χ3v) is 5.76. The van der Waals surface area contributed by atoms with Crippen LogP contribution in [0.4, 0.5) is 0 Å². The molecule has 1 amide bonds. The van der Waals surface area contributed by atoms with Gasteiger partial charge in [0.05, 0.1) is 0 Å². The van der Waals surface area contributed by atoms with E-state index in [-0.39, 0.29) is 5.91 Å². The molecule has 0 bridgehead atoms. The van der Waals surface area contributed by atoms with Crippen molar-refractivity contribution >= 4 is 11.9 Å². The normalized spacial score (nSPS) is 20.6. The summed E-state index contributed by atoms with van der Waals surface area (Å²) < 4.78 is 0. The standard InChI is InChI=1S/C20H38N4O/c1-3-22-20(23-13-7-10-17-8-5-4-6-9-17)24-14-11-18(12-15-24)16-19(25)21-2/h17-18H,3-16H2,1-2H3,(H,21,25)(H,22,23). The van der Waals surface area contributed by atoms with E-state index in [0.29, 0.717) is 12.3 Å². The SMILES string of the molecule is CCNC(=NCCCC1CCCCC1)N1CCC(CC(=O)NC)CC1. The fourth-order valence-electron chi connectivity index (χ4n) is 4.18. The predicted molar refractivity (Wildman–Crippen MR) is 105 cm³/mol. The van der Waals surface area contributed by atoms with Crippen LogP contribution in [0.5, 0.6) is 0 Å². The van der Waals surface area contributed by atoms with Gasteiger partial charge in [0.15, 0.2) is 5.96 Å². The monoisotopic (exact) mass is 350 g/mol. The molecule has 0 atom stereocenters. The molecule has 0 spiro atoms. The lowest BCUT2D eigenvalue weighted by Gasteiger charge is -2.34. The average Bonchev–Trinajstić information content (AvgIpc) is 2.65. The Morgan fingerprint density at radius 1 is 1.08 bits per heavy atom. The van der Waals surface area contributed by atoms with Crippen LogP contribution in [0.2, 0.25) is 0 Å². The van der Waals surface area contributed by atoms with Gasteiger partial charge in [0, 0.05) is 39.6 Å². The molecule has 0 aromatic heterocycles. The maximum absolute atomic E-state index is 11.5. The Bertz CT molecular complexity index is 410.